The first-order valence-electron chi connectivity index (χ1n) is 10.6. The largest absolute Gasteiger partial charge is 0.346 e. The Morgan fingerprint density at radius 3 is 2.71 bits per heavy atom. The standard InChI is InChI=1S/C21H30N6S/c1-15-24-19-13-23-21-18(7-8-22-21)20(19)27(15)17-5-3-16(4-6-17)14-28-26-11-9-25(2)10-12-26/h7-8,13,16-17H,3-6,9-12,14H2,1-2H3,(H,22,23). The zero-order valence-electron chi connectivity index (χ0n) is 16.9. The number of hydrogen-bond acceptors (Lipinski definition) is 5. The van der Waals surface area contributed by atoms with E-state index in [1.54, 1.807) is 0 Å². The van der Waals surface area contributed by atoms with Crippen LogP contribution in [0.3, 0.4) is 0 Å². The third kappa shape index (κ3) is 3.44. The van der Waals surface area contributed by atoms with Gasteiger partial charge >= 0.3 is 0 Å². The van der Waals surface area contributed by atoms with E-state index >= 15 is 0 Å². The Labute approximate surface area is 170 Å². The van der Waals surface area contributed by atoms with Crippen LogP contribution >= 0.6 is 11.9 Å². The number of likely N-dealkylation sites (N-methyl/N-ethyl adjacent to an activating group) is 1. The SMILES string of the molecule is Cc1nc2cnc3[nH]ccc3c2n1C1CCC(CSN2CCN(C)CC2)CC1. The summed E-state index contributed by atoms with van der Waals surface area (Å²) >= 11 is 2.09. The normalized spacial score (nSPS) is 25.1. The summed E-state index contributed by atoms with van der Waals surface area (Å²) in [5.41, 5.74) is 3.25. The molecule has 0 atom stereocenters. The fraction of sp³-hybridized carbons (Fsp3) is 0.619. The maximum absolute atomic E-state index is 4.81. The summed E-state index contributed by atoms with van der Waals surface area (Å²) in [5.74, 6) is 3.26. The number of pyridine rings is 1. The second-order valence-electron chi connectivity index (χ2n) is 8.46. The van der Waals surface area contributed by atoms with E-state index in [1.165, 1.54) is 68.5 Å². The van der Waals surface area contributed by atoms with Crippen LogP contribution in [0.15, 0.2) is 18.5 Å². The van der Waals surface area contributed by atoms with Crippen molar-refractivity contribution in [1.29, 1.82) is 0 Å². The molecule has 2 fully saturated rings. The molecule has 0 amide bonds. The average Bonchev–Trinajstić information content (AvgIpc) is 3.31. The first-order chi connectivity index (χ1) is 13.7. The van der Waals surface area contributed by atoms with Crippen molar-refractivity contribution in [2.75, 3.05) is 39.0 Å². The van der Waals surface area contributed by atoms with Gasteiger partial charge in [0.05, 0.1) is 11.7 Å². The van der Waals surface area contributed by atoms with Crippen LogP contribution in [0.5, 0.6) is 0 Å². The van der Waals surface area contributed by atoms with Gasteiger partial charge in [-0.1, -0.05) is 11.9 Å². The molecule has 1 aliphatic carbocycles. The van der Waals surface area contributed by atoms with Gasteiger partial charge in [-0.25, -0.2) is 14.3 Å². The molecule has 0 spiro atoms. The molecule has 2 aliphatic rings. The highest BCUT2D eigenvalue weighted by Gasteiger charge is 2.26. The van der Waals surface area contributed by atoms with Gasteiger partial charge in [0, 0.05) is 49.6 Å². The molecule has 5 rings (SSSR count). The molecule has 28 heavy (non-hydrogen) atoms. The number of imidazole rings is 1. The van der Waals surface area contributed by atoms with E-state index in [2.05, 4.69) is 55.7 Å². The minimum atomic E-state index is 0.565. The van der Waals surface area contributed by atoms with Crippen LogP contribution in [0, 0.1) is 12.8 Å². The number of piperazine rings is 1. The van der Waals surface area contributed by atoms with Crippen molar-refractivity contribution in [3.63, 3.8) is 0 Å². The molecule has 3 aromatic rings. The van der Waals surface area contributed by atoms with Crippen molar-refractivity contribution < 1.29 is 0 Å². The zero-order chi connectivity index (χ0) is 19.1. The van der Waals surface area contributed by atoms with Gasteiger partial charge in [0.25, 0.3) is 0 Å². The Hall–Kier alpha value is -1.57. The smallest absolute Gasteiger partial charge is 0.139 e. The first kappa shape index (κ1) is 18.5. The van der Waals surface area contributed by atoms with Crippen molar-refractivity contribution in [2.45, 2.75) is 38.6 Å². The number of aromatic amines is 1. The molecule has 4 heterocycles. The lowest BCUT2D eigenvalue weighted by molar-refractivity contribution is 0.232. The number of fused-ring (bicyclic) bond motifs is 3. The van der Waals surface area contributed by atoms with Gasteiger partial charge in [-0.3, -0.25) is 0 Å². The van der Waals surface area contributed by atoms with Gasteiger partial charge in [0.1, 0.15) is 17.0 Å². The van der Waals surface area contributed by atoms with E-state index in [0.29, 0.717) is 6.04 Å². The second-order valence-corrected chi connectivity index (χ2v) is 9.57. The van der Waals surface area contributed by atoms with E-state index in [9.17, 15) is 0 Å². The fourth-order valence-electron chi connectivity index (χ4n) is 4.85. The predicted octanol–water partition coefficient (Wildman–Crippen LogP) is 3.85. The molecule has 1 saturated carbocycles. The van der Waals surface area contributed by atoms with E-state index in [4.69, 9.17) is 4.98 Å². The summed E-state index contributed by atoms with van der Waals surface area (Å²) in [6.45, 7) is 6.97. The third-order valence-electron chi connectivity index (χ3n) is 6.55. The summed E-state index contributed by atoms with van der Waals surface area (Å²) in [4.78, 5) is 15.0. The maximum atomic E-state index is 4.81. The molecular weight excluding hydrogens is 368 g/mol. The van der Waals surface area contributed by atoms with E-state index in [1.807, 2.05) is 12.4 Å². The average molecular weight is 399 g/mol. The molecule has 0 aromatic carbocycles. The van der Waals surface area contributed by atoms with E-state index in [0.717, 1.165) is 22.9 Å². The van der Waals surface area contributed by atoms with Crippen LogP contribution in [-0.4, -0.2) is 67.7 Å². The summed E-state index contributed by atoms with van der Waals surface area (Å²) < 4.78 is 5.08. The highest BCUT2D eigenvalue weighted by atomic mass is 32.2. The Bertz CT molecular complexity index is 947. The van der Waals surface area contributed by atoms with Crippen LogP contribution in [0.4, 0.5) is 0 Å². The minimum Gasteiger partial charge on any atom is -0.346 e. The Kier molecular flexibility index (Phi) is 5.07. The summed E-state index contributed by atoms with van der Waals surface area (Å²) in [6.07, 6.45) is 9.06. The van der Waals surface area contributed by atoms with Crippen molar-refractivity contribution in [2.24, 2.45) is 5.92 Å². The molecule has 0 radical (unpaired) electrons. The lowest BCUT2D eigenvalue weighted by Crippen LogP contribution is -2.41. The molecule has 1 N–H and O–H groups in total. The molecule has 150 valence electrons. The molecule has 3 aromatic heterocycles. The number of H-pyrrole nitrogens is 1. The van der Waals surface area contributed by atoms with Gasteiger partial charge in [-0.15, -0.1) is 0 Å². The van der Waals surface area contributed by atoms with Crippen LogP contribution in [0.1, 0.15) is 37.5 Å². The molecule has 0 unspecified atom stereocenters. The van der Waals surface area contributed by atoms with E-state index < -0.39 is 0 Å². The van der Waals surface area contributed by atoms with Crippen LogP contribution in [-0.2, 0) is 0 Å². The quantitative estimate of drug-likeness (QED) is 0.677. The summed E-state index contributed by atoms with van der Waals surface area (Å²) in [7, 11) is 2.22. The predicted molar refractivity (Wildman–Crippen MR) is 117 cm³/mol. The van der Waals surface area contributed by atoms with E-state index in [-0.39, 0.29) is 0 Å². The van der Waals surface area contributed by atoms with Crippen LogP contribution < -0.4 is 0 Å². The Morgan fingerprint density at radius 2 is 1.93 bits per heavy atom. The highest BCUT2D eigenvalue weighted by Crippen LogP contribution is 2.38. The zero-order valence-corrected chi connectivity index (χ0v) is 17.7. The topological polar surface area (TPSA) is 53.0 Å². The molecule has 6 nitrogen and oxygen atoms in total. The highest BCUT2D eigenvalue weighted by molar-refractivity contribution is 7.97. The molecular formula is C21H30N6S. The minimum absolute atomic E-state index is 0.565. The summed E-state index contributed by atoms with van der Waals surface area (Å²) in [5, 5.41) is 1.20. The summed E-state index contributed by atoms with van der Waals surface area (Å²) in [6, 6.07) is 2.70. The lowest BCUT2D eigenvalue weighted by atomic mass is 9.87. The lowest BCUT2D eigenvalue weighted by Gasteiger charge is -2.34. The molecule has 1 aliphatic heterocycles. The fourth-order valence-corrected chi connectivity index (χ4v) is 6.03. The van der Waals surface area contributed by atoms with Gasteiger partial charge in [-0.05, 0) is 51.6 Å². The van der Waals surface area contributed by atoms with Crippen LogP contribution in [0.2, 0.25) is 0 Å². The van der Waals surface area contributed by atoms with Gasteiger partial charge in [0.15, 0.2) is 0 Å². The van der Waals surface area contributed by atoms with Crippen LogP contribution in [0.25, 0.3) is 22.1 Å². The Morgan fingerprint density at radius 1 is 1.14 bits per heavy atom. The van der Waals surface area contributed by atoms with Gasteiger partial charge < -0.3 is 14.5 Å². The monoisotopic (exact) mass is 398 g/mol. The number of hydrogen-bond donors (Lipinski definition) is 1. The van der Waals surface area contributed by atoms with Crippen molar-refractivity contribution in [3.8, 4) is 0 Å². The number of aromatic nitrogens is 4. The third-order valence-corrected chi connectivity index (χ3v) is 7.90. The van der Waals surface area contributed by atoms with Crippen molar-refractivity contribution in [1.82, 2.24) is 28.7 Å². The number of rotatable bonds is 4. The molecule has 1 saturated heterocycles. The van der Waals surface area contributed by atoms with Gasteiger partial charge in [-0.2, -0.15) is 0 Å². The first-order valence-corrected chi connectivity index (χ1v) is 11.5. The molecule has 7 heteroatoms. The number of nitrogens with zero attached hydrogens (tertiary/aromatic N) is 5. The van der Waals surface area contributed by atoms with Crippen molar-refractivity contribution in [3.05, 3.63) is 24.3 Å². The molecule has 0 bridgehead atoms. The second kappa shape index (κ2) is 7.69. The van der Waals surface area contributed by atoms with Crippen molar-refractivity contribution >= 4 is 34.0 Å². The number of aryl methyl sites for hydroxylation is 1. The maximum Gasteiger partial charge on any atom is 0.139 e. The van der Waals surface area contributed by atoms with Gasteiger partial charge in [0.2, 0.25) is 0 Å². The Balaban J connectivity index is 1.26. The number of nitrogens with one attached hydrogen (secondary N) is 1.